The van der Waals surface area contributed by atoms with Crippen molar-refractivity contribution in [3.8, 4) is 11.5 Å². The fourth-order valence-electron chi connectivity index (χ4n) is 6.71. The number of rotatable bonds is 6. The first kappa shape index (κ1) is 24.8. The minimum atomic E-state index is -0.163. The highest BCUT2D eigenvalue weighted by molar-refractivity contribution is 5.79. The van der Waals surface area contributed by atoms with Crippen LogP contribution in [-0.2, 0) is 4.79 Å². The number of carbonyl (C=O) groups is 1. The van der Waals surface area contributed by atoms with Gasteiger partial charge in [-0.15, -0.1) is 0 Å². The molecule has 0 saturated heterocycles. The summed E-state index contributed by atoms with van der Waals surface area (Å²) in [4.78, 5) is 12.9. The van der Waals surface area contributed by atoms with Crippen LogP contribution < -0.4 is 4.74 Å². The maximum atomic E-state index is 12.9. The van der Waals surface area contributed by atoms with Crippen LogP contribution in [0.1, 0.15) is 102 Å². The molecule has 0 heterocycles. The summed E-state index contributed by atoms with van der Waals surface area (Å²) in [5, 5.41) is 9.01. The molecule has 2 atom stereocenters. The van der Waals surface area contributed by atoms with E-state index in [2.05, 4.69) is 39.8 Å². The number of esters is 1. The molecule has 2 aromatic rings. The van der Waals surface area contributed by atoms with Crippen molar-refractivity contribution in [1.82, 2.24) is 0 Å². The molecule has 1 N–H and O–H groups in total. The standard InChI is InChI=1S/C21H28O2.C10H14O/c1-3-14(2)18-4-6-19(7-5-18)23-20(22)21-11-15-8-16(12-21)10-17(9-15)13-21;1-3-8(2)9-4-6-10(11)7-5-9/h4-7,14-17H,3,8-13H2,1-2H3;4-8,11H,3H2,1-2H3. The third-order valence-corrected chi connectivity index (χ3v) is 8.82. The van der Waals surface area contributed by atoms with Crippen molar-refractivity contribution in [3.05, 3.63) is 59.7 Å². The Balaban J connectivity index is 0.000000210. The molecular formula is C31H42O3. The number of ether oxygens (including phenoxy) is 1. The summed E-state index contributed by atoms with van der Waals surface area (Å²) >= 11 is 0. The molecular weight excluding hydrogens is 420 g/mol. The maximum absolute atomic E-state index is 12.9. The molecule has 4 fully saturated rings. The van der Waals surface area contributed by atoms with E-state index < -0.39 is 0 Å². The Bertz CT molecular complexity index is 908. The Hall–Kier alpha value is -2.29. The van der Waals surface area contributed by atoms with E-state index in [4.69, 9.17) is 9.84 Å². The van der Waals surface area contributed by atoms with E-state index in [1.807, 2.05) is 24.3 Å². The van der Waals surface area contributed by atoms with Crippen molar-refractivity contribution < 1.29 is 14.6 Å². The van der Waals surface area contributed by atoms with Crippen LogP contribution in [0, 0.1) is 23.2 Å². The second-order valence-corrected chi connectivity index (χ2v) is 11.4. The van der Waals surface area contributed by atoms with Crippen molar-refractivity contribution in [2.75, 3.05) is 0 Å². The van der Waals surface area contributed by atoms with E-state index in [9.17, 15) is 4.79 Å². The lowest BCUT2D eigenvalue weighted by molar-refractivity contribution is -0.161. The summed E-state index contributed by atoms with van der Waals surface area (Å²) in [5.41, 5.74) is 2.46. The van der Waals surface area contributed by atoms with Gasteiger partial charge in [-0.25, -0.2) is 0 Å². The molecule has 6 rings (SSSR count). The summed E-state index contributed by atoms with van der Waals surface area (Å²) in [7, 11) is 0. The molecule has 4 aliphatic rings. The molecule has 3 nitrogen and oxygen atoms in total. The van der Waals surface area contributed by atoms with Gasteiger partial charge in [0.1, 0.15) is 11.5 Å². The molecule has 184 valence electrons. The highest BCUT2D eigenvalue weighted by Gasteiger charge is 2.55. The average molecular weight is 463 g/mol. The number of phenols is 1. The number of benzene rings is 2. The molecule has 4 bridgehead atoms. The van der Waals surface area contributed by atoms with Crippen molar-refractivity contribution >= 4 is 5.97 Å². The molecule has 2 aromatic carbocycles. The van der Waals surface area contributed by atoms with Crippen LogP contribution in [0.2, 0.25) is 0 Å². The van der Waals surface area contributed by atoms with Gasteiger partial charge in [-0.05, 0) is 116 Å². The van der Waals surface area contributed by atoms with Crippen LogP contribution in [0.5, 0.6) is 11.5 Å². The number of hydrogen-bond acceptors (Lipinski definition) is 3. The zero-order valence-electron chi connectivity index (χ0n) is 21.4. The van der Waals surface area contributed by atoms with Gasteiger partial charge >= 0.3 is 5.97 Å². The maximum Gasteiger partial charge on any atom is 0.317 e. The summed E-state index contributed by atoms with van der Waals surface area (Å²) in [6.45, 7) is 8.78. The molecule has 0 aromatic heterocycles. The van der Waals surface area contributed by atoms with Crippen LogP contribution in [0.4, 0.5) is 0 Å². The van der Waals surface area contributed by atoms with E-state index in [1.54, 1.807) is 12.1 Å². The largest absolute Gasteiger partial charge is 0.508 e. The van der Waals surface area contributed by atoms with E-state index in [1.165, 1.54) is 30.4 Å². The summed E-state index contributed by atoms with van der Waals surface area (Å²) in [6, 6.07) is 15.6. The van der Waals surface area contributed by atoms with Crippen molar-refractivity contribution in [2.24, 2.45) is 23.2 Å². The zero-order chi connectivity index (χ0) is 24.3. The van der Waals surface area contributed by atoms with Crippen LogP contribution in [-0.4, -0.2) is 11.1 Å². The summed E-state index contributed by atoms with van der Waals surface area (Å²) in [6.07, 6.45) is 9.56. The van der Waals surface area contributed by atoms with Gasteiger partial charge in [0, 0.05) is 0 Å². The third-order valence-electron chi connectivity index (χ3n) is 8.82. The predicted molar refractivity (Wildman–Crippen MR) is 138 cm³/mol. The summed E-state index contributed by atoms with van der Waals surface area (Å²) < 4.78 is 5.83. The Morgan fingerprint density at radius 2 is 1.24 bits per heavy atom. The zero-order valence-corrected chi connectivity index (χ0v) is 21.4. The van der Waals surface area contributed by atoms with E-state index in [0.29, 0.717) is 17.6 Å². The number of aromatic hydroxyl groups is 1. The van der Waals surface area contributed by atoms with Crippen LogP contribution in [0.25, 0.3) is 0 Å². The molecule has 0 spiro atoms. The third kappa shape index (κ3) is 5.50. The monoisotopic (exact) mass is 462 g/mol. The SMILES string of the molecule is CCC(C)c1ccc(O)cc1.CCC(C)c1ccc(OC(=O)C23CC4CC(CC(C4)C2)C3)cc1. The predicted octanol–water partition coefficient (Wildman–Crippen LogP) is 8.23. The quantitative estimate of drug-likeness (QED) is 0.347. The lowest BCUT2D eigenvalue weighted by Gasteiger charge is -2.55. The van der Waals surface area contributed by atoms with E-state index in [0.717, 1.165) is 55.6 Å². The van der Waals surface area contributed by atoms with Crippen molar-refractivity contribution in [3.63, 3.8) is 0 Å². The Morgan fingerprint density at radius 3 is 1.65 bits per heavy atom. The second kappa shape index (κ2) is 10.5. The Morgan fingerprint density at radius 1 is 0.824 bits per heavy atom. The smallest absolute Gasteiger partial charge is 0.317 e. The van der Waals surface area contributed by atoms with Crippen molar-refractivity contribution in [2.45, 2.75) is 90.9 Å². The molecule has 4 saturated carbocycles. The topological polar surface area (TPSA) is 46.5 Å². The second-order valence-electron chi connectivity index (χ2n) is 11.4. The number of phenolic OH excluding ortho intramolecular Hbond substituents is 1. The van der Waals surface area contributed by atoms with Gasteiger partial charge in [0.15, 0.2) is 0 Å². The molecule has 0 aliphatic heterocycles. The molecule has 0 amide bonds. The highest BCUT2D eigenvalue weighted by Crippen LogP contribution is 2.60. The molecule has 34 heavy (non-hydrogen) atoms. The van der Waals surface area contributed by atoms with Gasteiger partial charge in [0.05, 0.1) is 5.41 Å². The first-order valence-electron chi connectivity index (χ1n) is 13.4. The fourth-order valence-corrected chi connectivity index (χ4v) is 6.71. The molecule has 0 radical (unpaired) electrons. The normalized spacial score (nSPS) is 28.5. The minimum absolute atomic E-state index is 0.0490. The highest BCUT2D eigenvalue weighted by atomic mass is 16.5. The first-order valence-corrected chi connectivity index (χ1v) is 13.4. The van der Waals surface area contributed by atoms with Gasteiger partial charge in [-0.2, -0.15) is 0 Å². The molecule has 2 unspecified atom stereocenters. The lowest BCUT2D eigenvalue weighted by atomic mass is 9.49. The Labute approximate surface area is 205 Å². The van der Waals surface area contributed by atoms with Crippen LogP contribution in [0.15, 0.2) is 48.5 Å². The minimum Gasteiger partial charge on any atom is -0.508 e. The Kier molecular flexibility index (Phi) is 7.70. The van der Waals surface area contributed by atoms with Gasteiger partial charge in [-0.3, -0.25) is 4.79 Å². The van der Waals surface area contributed by atoms with Gasteiger partial charge in [-0.1, -0.05) is 52.0 Å². The summed E-state index contributed by atoms with van der Waals surface area (Å²) in [5.74, 6) is 4.60. The van der Waals surface area contributed by atoms with E-state index in [-0.39, 0.29) is 11.4 Å². The average Bonchev–Trinajstić information content (AvgIpc) is 2.83. The number of carbonyl (C=O) groups excluding carboxylic acids is 1. The fraction of sp³-hybridized carbons (Fsp3) is 0.581. The number of hydrogen-bond donors (Lipinski definition) is 1. The lowest BCUT2D eigenvalue weighted by Crippen LogP contribution is -2.51. The first-order chi connectivity index (χ1) is 16.3. The van der Waals surface area contributed by atoms with Gasteiger partial charge < -0.3 is 9.84 Å². The molecule has 4 aliphatic carbocycles. The molecule has 3 heteroatoms. The van der Waals surface area contributed by atoms with Crippen molar-refractivity contribution in [1.29, 1.82) is 0 Å². The van der Waals surface area contributed by atoms with Crippen LogP contribution >= 0.6 is 0 Å². The van der Waals surface area contributed by atoms with E-state index >= 15 is 0 Å². The van der Waals surface area contributed by atoms with Gasteiger partial charge in [0.25, 0.3) is 0 Å². The van der Waals surface area contributed by atoms with Gasteiger partial charge in [0.2, 0.25) is 0 Å². The van der Waals surface area contributed by atoms with Crippen LogP contribution in [0.3, 0.4) is 0 Å².